The fourth-order valence-corrected chi connectivity index (χ4v) is 5.03. The number of nitrogens with two attached hydrogens (primary N) is 1. The molecule has 0 radical (unpaired) electrons. The second-order valence-corrected chi connectivity index (χ2v) is 9.93. The minimum Gasteiger partial charge on any atom is -0.449 e. The van der Waals surface area contributed by atoms with E-state index in [1.54, 1.807) is 6.20 Å². The van der Waals surface area contributed by atoms with Gasteiger partial charge in [-0.3, -0.25) is 9.78 Å². The van der Waals surface area contributed by atoms with Crippen LogP contribution in [0.2, 0.25) is 0 Å². The number of halogens is 3. The molecule has 0 bridgehead atoms. The van der Waals surface area contributed by atoms with Gasteiger partial charge in [0.15, 0.2) is 5.60 Å². The Morgan fingerprint density at radius 1 is 1.08 bits per heavy atom. The van der Waals surface area contributed by atoms with E-state index in [1.807, 2.05) is 23.1 Å². The molecular formula is C26H30F3N3O4. The summed E-state index contributed by atoms with van der Waals surface area (Å²) in [7, 11) is 0. The van der Waals surface area contributed by atoms with Crippen LogP contribution >= 0.6 is 0 Å². The lowest BCUT2D eigenvalue weighted by Crippen LogP contribution is -2.48. The third-order valence-electron chi connectivity index (χ3n) is 7.43. The average molecular weight is 506 g/mol. The first-order valence-electron chi connectivity index (χ1n) is 12.0. The molecule has 1 atom stereocenters. The molecule has 7 nitrogen and oxygen atoms in total. The zero-order valence-electron chi connectivity index (χ0n) is 20.0. The number of hydrogen-bond donors (Lipinski definition) is 2. The third-order valence-corrected chi connectivity index (χ3v) is 7.43. The number of carbonyl (C=O) groups excluding carboxylic acids is 2. The smallest absolute Gasteiger partial charge is 0.421 e. The Bertz CT molecular complexity index is 1080. The minimum absolute atomic E-state index is 0.0617. The van der Waals surface area contributed by atoms with E-state index in [9.17, 15) is 27.9 Å². The van der Waals surface area contributed by atoms with Crippen LogP contribution in [0.15, 0.2) is 48.7 Å². The summed E-state index contributed by atoms with van der Waals surface area (Å²) in [5.74, 6) is -0.237. The monoisotopic (exact) mass is 505 g/mol. The summed E-state index contributed by atoms with van der Waals surface area (Å²) < 4.78 is 44.7. The van der Waals surface area contributed by atoms with Gasteiger partial charge < -0.3 is 20.5 Å². The van der Waals surface area contributed by atoms with Crippen molar-refractivity contribution in [3.8, 4) is 0 Å². The molecular weight excluding hydrogens is 475 g/mol. The third kappa shape index (κ3) is 5.18. The first-order chi connectivity index (χ1) is 16.9. The molecule has 10 heteroatoms. The maximum atomic E-state index is 13.5. The fraction of sp³-hybridized carbons (Fsp3) is 0.500. The van der Waals surface area contributed by atoms with Crippen LogP contribution in [0.3, 0.4) is 0 Å². The lowest BCUT2D eigenvalue weighted by atomic mass is 9.70. The summed E-state index contributed by atoms with van der Waals surface area (Å²) in [6, 6.07) is 10.6. The number of aromatic nitrogens is 1. The number of carbonyl (C=O) groups is 2. The number of primary amides is 1. The Labute approximate surface area is 207 Å². The van der Waals surface area contributed by atoms with E-state index in [1.165, 1.54) is 12.1 Å². The molecule has 0 aliphatic heterocycles. The van der Waals surface area contributed by atoms with Gasteiger partial charge >= 0.3 is 12.3 Å². The second-order valence-electron chi connectivity index (χ2n) is 9.93. The number of alkyl halides is 3. The van der Waals surface area contributed by atoms with Crippen LogP contribution in [0, 0.1) is 0 Å². The number of rotatable bonds is 7. The lowest BCUT2D eigenvalue weighted by molar-refractivity contribution is -0.258. The van der Waals surface area contributed by atoms with E-state index in [2.05, 4.69) is 4.98 Å². The Morgan fingerprint density at radius 3 is 2.19 bits per heavy atom. The molecule has 0 spiro atoms. The molecule has 2 aliphatic rings. The van der Waals surface area contributed by atoms with Crippen molar-refractivity contribution in [2.24, 2.45) is 5.73 Å². The number of hydrogen-bond acceptors (Lipinski definition) is 5. The first-order valence-corrected chi connectivity index (χ1v) is 12.0. The average Bonchev–Trinajstić information content (AvgIpc) is 3.69. The van der Waals surface area contributed by atoms with Crippen molar-refractivity contribution in [3.05, 3.63) is 65.5 Å². The Morgan fingerprint density at radius 2 is 1.69 bits per heavy atom. The molecule has 2 amide bonds. The molecule has 2 aromatic rings. The van der Waals surface area contributed by atoms with Crippen molar-refractivity contribution in [3.63, 3.8) is 0 Å². The van der Waals surface area contributed by atoms with Gasteiger partial charge in [0.1, 0.15) is 6.61 Å². The van der Waals surface area contributed by atoms with Crippen molar-refractivity contribution in [1.29, 1.82) is 0 Å². The van der Waals surface area contributed by atoms with Crippen molar-refractivity contribution in [2.45, 2.75) is 74.7 Å². The van der Waals surface area contributed by atoms with Gasteiger partial charge in [-0.2, -0.15) is 13.2 Å². The number of nitrogens with zero attached hydrogens (tertiary/aromatic N) is 2. The van der Waals surface area contributed by atoms with Gasteiger partial charge in [-0.1, -0.05) is 18.2 Å². The molecule has 2 fully saturated rings. The Hall–Kier alpha value is -3.14. The molecule has 2 saturated carbocycles. The van der Waals surface area contributed by atoms with Gasteiger partial charge in [-0.25, -0.2) is 4.79 Å². The van der Waals surface area contributed by atoms with Crippen LogP contribution in [-0.4, -0.2) is 51.9 Å². The topological polar surface area (TPSA) is 106 Å². The van der Waals surface area contributed by atoms with Crippen LogP contribution in [0.25, 0.3) is 0 Å². The largest absolute Gasteiger partial charge is 0.449 e. The summed E-state index contributed by atoms with van der Waals surface area (Å²) in [5.41, 5.74) is 2.48. The highest BCUT2D eigenvalue weighted by atomic mass is 19.4. The minimum atomic E-state index is -4.83. The van der Waals surface area contributed by atoms with Gasteiger partial charge in [0.25, 0.3) is 5.91 Å². The summed E-state index contributed by atoms with van der Waals surface area (Å²) in [6.07, 6.45) is 0.321. The van der Waals surface area contributed by atoms with Gasteiger partial charge in [-0.15, -0.1) is 0 Å². The normalized spacial score (nSPS) is 24.0. The number of ether oxygens (including phenoxy) is 1. The molecule has 1 aromatic carbocycles. The van der Waals surface area contributed by atoms with Crippen LogP contribution in [0.5, 0.6) is 0 Å². The Balaban J connectivity index is 1.51. The van der Waals surface area contributed by atoms with Crippen molar-refractivity contribution in [1.82, 2.24) is 9.88 Å². The maximum Gasteiger partial charge on any atom is 0.421 e. The standard InChI is InChI=1S/C26H30F3N3O4/c1-24(35,26(27,28)29)18-7-5-17(6-8-18)22(33)32(19-9-10-19)20-11-13-25(14-12-20,16-36-23(30)34)21-4-2-3-15-31-21/h2-8,15,19-20,35H,9-14,16H2,1H3,(H2,30,34)/t20?,24-,25?/m0/s1. The molecule has 1 aromatic heterocycles. The van der Waals surface area contributed by atoms with Crippen LogP contribution in [0.4, 0.5) is 18.0 Å². The lowest BCUT2D eigenvalue weighted by Gasteiger charge is -2.43. The highest BCUT2D eigenvalue weighted by Crippen LogP contribution is 2.43. The predicted molar refractivity (Wildman–Crippen MR) is 125 cm³/mol. The van der Waals surface area contributed by atoms with Crippen LogP contribution < -0.4 is 5.73 Å². The summed E-state index contributed by atoms with van der Waals surface area (Å²) >= 11 is 0. The first kappa shape index (κ1) is 25.9. The summed E-state index contributed by atoms with van der Waals surface area (Å²) in [4.78, 5) is 31.1. The number of aliphatic hydroxyl groups is 1. The fourth-order valence-electron chi connectivity index (χ4n) is 5.03. The molecule has 0 saturated heterocycles. The zero-order chi connectivity index (χ0) is 26.1. The molecule has 4 rings (SSSR count). The summed E-state index contributed by atoms with van der Waals surface area (Å²) in [5, 5.41) is 9.92. The van der Waals surface area contributed by atoms with Gasteiger partial charge in [-0.05, 0) is 75.3 Å². The molecule has 36 heavy (non-hydrogen) atoms. The second kappa shape index (κ2) is 9.72. The van der Waals surface area contributed by atoms with Gasteiger partial charge in [0.05, 0.1) is 0 Å². The highest BCUT2D eigenvalue weighted by Gasteiger charge is 2.51. The maximum absolute atomic E-state index is 13.5. The van der Waals surface area contributed by atoms with E-state index in [4.69, 9.17) is 10.5 Å². The van der Waals surface area contributed by atoms with Crippen molar-refractivity contribution < 1.29 is 32.6 Å². The van der Waals surface area contributed by atoms with Crippen molar-refractivity contribution >= 4 is 12.0 Å². The zero-order valence-corrected chi connectivity index (χ0v) is 20.0. The van der Waals surface area contributed by atoms with Gasteiger partial charge in [0.2, 0.25) is 0 Å². The SMILES string of the molecule is C[C@](O)(c1ccc(C(=O)N(C2CC2)C2CCC(COC(N)=O)(c3ccccn3)CC2)cc1)C(F)(F)F. The van der Waals surface area contributed by atoms with Crippen LogP contribution in [-0.2, 0) is 15.8 Å². The van der Waals surface area contributed by atoms with E-state index in [-0.39, 0.29) is 35.7 Å². The molecule has 3 N–H and O–H groups in total. The van der Waals surface area contributed by atoms with Crippen molar-refractivity contribution in [2.75, 3.05) is 6.61 Å². The molecule has 194 valence electrons. The Kier molecular flexibility index (Phi) is 7.01. The van der Waals surface area contributed by atoms with Gasteiger partial charge in [0, 0.05) is 35.0 Å². The molecule has 0 unspecified atom stereocenters. The van der Waals surface area contributed by atoms with E-state index in [0.29, 0.717) is 32.6 Å². The van der Waals surface area contributed by atoms with E-state index in [0.717, 1.165) is 30.7 Å². The molecule has 2 aliphatic carbocycles. The summed E-state index contributed by atoms with van der Waals surface area (Å²) in [6.45, 7) is 0.794. The van der Waals surface area contributed by atoms with E-state index >= 15 is 0 Å². The quantitative estimate of drug-likeness (QED) is 0.579. The van der Waals surface area contributed by atoms with E-state index < -0.39 is 23.3 Å². The predicted octanol–water partition coefficient (Wildman–Crippen LogP) is 4.43. The number of pyridine rings is 1. The molecule has 1 heterocycles. The number of amides is 2. The highest BCUT2D eigenvalue weighted by molar-refractivity contribution is 5.95. The number of benzene rings is 1. The van der Waals surface area contributed by atoms with Crippen LogP contribution in [0.1, 0.15) is 67.1 Å².